The second-order valence-electron chi connectivity index (χ2n) is 12.5. The maximum atomic E-state index is 7.04. The first kappa shape index (κ1) is 28.5. The van der Waals surface area contributed by atoms with Crippen molar-refractivity contribution >= 4 is 18.7 Å². The summed E-state index contributed by atoms with van der Waals surface area (Å²) < 4.78 is 26.3. The Bertz CT molecular complexity index is 1090. The molecule has 0 N–H and O–H groups in total. The quantitative estimate of drug-likeness (QED) is 0.205. The fraction of sp³-hybridized carbons (Fsp3) is 0.529. The molecule has 0 unspecified atom stereocenters. The largest absolute Gasteiger partial charge is 0.407 e. The molecule has 210 valence electrons. The van der Waals surface area contributed by atoms with Gasteiger partial charge in [0.05, 0.1) is 12.7 Å². The Kier molecular flexibility index (Phi) is 8.65. The maximum Gasteiger partial charge on any atom is 0.261 e. The summed E-state index contributed by atoms with van der Waals surface area (Å²) in [5.74, 6) is -0.730. The minimum atomic E-state index is -2.48. The van der Waals surface area contributed by atoms with Crippen molar-refractivity contribution in [2.45, 2.75) is 95.4 Å². The summed E-state index contributed by atoms with van der Waals surface area (Å²) in [6.45, 7) is 10.7. The van der Waals surface area contributed by atoms with Crippen molar-refractivity contribution in [3.05, 3.63) is 85.0 Å². The van der Waals surface area contributed by atoms with E-state index in [1.807, 2.05) is 0 Å². The van der Waals surface area contributed by atoms with Gasteiger partial charge in [0.25, 0.3) is 8.32 Å². The molecule has 0 aromatic heterocycles. The first-order valence-electron chi connectivity index (χ1n) is 14.9. The summed E-state index contributed by atoms with van der Waals surface area (Å²) in [6, 6.07) is 21.7. The average Bonchev–Trinajstić information content (AvgIpc) is 3.28. The topological polar surface area (TPSA) is 36.9 Å². The van der Waals surface area contributed by atoms with Crippen LogP contribution in [0.1, 0.15) is 72.6 Å². The van der Waals surface area contributed by atoms with E-state index >= 15 is 0 Å². The average molecular weight is 547 g/mol. The van der Waals surface area contributed by atoms with Crippen LogP contribution in [0, 0.1) is 5.92 Å². The molecular weight excluding hydrogens is 500 g/mol. The molecule has 5 heteroatoms. The third-order valence-corrected chi connectivity index (χ3v) is 13.8. The molecule has 2 fully saturated rings. The Morgan fingerprint density at radius 2 is 1.69 bits per heavy atom. The Morgan fingerprint density at radius 1 is 1.00 bits per heavy atom. The molecule has 3 aliphatic rings. The van der Waals surface area contributed by atoms with Gasteiger partial charge in [-0.2, -0.15) is 0 Å². The lowest BCUT2D eigenvalue weighted by Crippen LogP contribution is -2.66. The van der Waals surface area contributed by atoms with Gasteiger partial charge in [-0.1, -0.05) is 107 Å². The van der Waals surface area contributed by atoms with E-state index in [1.54, 1.807) is 0 Å². The summed E-state index contributed by atoms with van der Waals surface area (Å²) in [4.78, 5) is 0. The van der Waals surface area contributed by atoms with Crippen LogP contribution in [0.25, 0.3) is 0 Å². The first-order valence-corrected chi connectivity index (χ1v) is 16.8. The van der Waals surface area contributed by atoms with Gasteiger partial charge in [0.1, 0.15) is 0 Å². The SMILES string of the molecule is C[C@H]1CCCO[C@]12CC[C@]1(C=CC[C@@H](/C=C/CCCO[Si](c3ccccc3)(c3ccccc3)C(C)(C)C)O1)O2. The van der Waals surface area contributed by atoms with Crippen LogP contribution in [0.5, 0.6) is 0 Å². The van der Waals surface area contributed by atoms with Crippen molar-refractivity contribution in [3.63, 3.8) is 0 Å². The standard InChI is InChI=1S/C34H46O4Si/c1-28-16-15-26-35-34(28)25-24-33(38-34)23-14-18-29(37-33)17-8-7-13-27-36-39(32(2,3)4,30-19-9-5-10-20-30)31-21-11-6-12-22-31/h5-6,8-12,14,17,19-23,28-29H,7,13,15-16,18,24-27H2,1-4H3/b17-8+/t28-,29+,33-,34-/m0/s1. The van der Waals surface area contributed by atoms with Crippen LogP contribution in [0.4, 0.5) is 0 Å². The second-order valence-corrected chi connectivity index (χ2v) is 16.8. The fourth-order valence-electron chi connectivity index (χ4n) is 6.67. The molecule has 2 aromatic rings. The van der Waals surface area contributed by atoms with E-state index in [-0.39, 0.29) is 11.1 Å². The summed E-state index contributed by atoms with van der Waals surface area (Å²) in [6.07, 6.45) is 15.7. The minimum Gasteiger partial charge on any atom is -0.407 e. The maximum absolute atomic E-state index is 7.04. The molecule has 0 bridgehead atoms. The first-order chi connectivity index (χ1) is 18.8. The highest BCUT2D eigenvalue weighted by Crippen LogP contribution is 2.49. The molecule has 3 aliphatic heterocycles. The van der Waals surface area contributed by atoms with E-state index in [9.17, 15) is 0 Å². The van der Waals surface area contributed by atoms with Crippen LogP contribution in [0.2, 0.25) is 5.04 Å². The monoisotopic (exact) mass is 546 g/mol. The third-order valence-electron chi connectivity index (χ3n) is 8.74. The van der Waals surface area contributed by atoms with E-state index in [1.165, 1.54) is 10.4 Å². The molecule has 2 spiro atoms. The Hall–Kier alpha value is -2.02. The van der Waals surface area contributed by atoms with Gasteiger partial charge in [-0.05, 0) is 53.6 Å². The zero-order valence-electron chi connectivity index (χ0n) is 24.2. The number of hydrogen-bond donors (Lipinski definition) is 0. The van der Waals surface area contributed by atoms with Crippen LogP contribution < -0.4 is 10.4 Å². The molecule has 0 amide bonds. The van der Waals surface area contributed by atoms with Gasteiger partial charge < -0.3 is 18.6 Å². The van der Waals surface area contributed by atoms with Crippen molar-refractivity contribution in [1.29, 1.82) is 0 Å². The van der Waals surface area contributed by atoms with Gasteiger partial charge >= 0.3 is 0 Å². The predicted octanol–water partition coefficient (Wildman–Crippen LogP) is 6.89. The number of ether oxygens (including phenoxy) is 3. The molecule has 0 saturated carbocycles. The molecule has 2 aromatic carbocycles. The summed E-state index contributed by atoms with van der Waals surface area (Å²) in [7, 11) is -2.48. The van der Waals surface area contributed by atoms with Crippen molar-refractivity contribution in [2.75, 3.05) is 13.2 Å². The van der Waals surface area contributed by atoms with Gasteiger partial charge in [-0.25, -0.2) is 0 Å². The molecule has 2 saturated heterocycles. The van der Waals surface area contributed by atoms with Crippen molar-refractivity contribution < 1.29 is 18.6 Å². The van der Waals surface area contributed by atoms with Crippen molar-refractivity contribution in [3.8, 4) is 0 Å². The third kappa shape index (κ3) is 5.89. The molecule has 0 radical (unpaired) electrons. The summed E-state index contributed by atoms with van der Waals surface area (Å²) >= 11 is 0. The fourth-order valence-corrected chi connectivity index (χ4v) is 11.3. The molecular formula is C34H46O4Si. The smallest absolute Gasteiger partial charge is 0.261 e. The Labute approximate surface area is 236 Å². The lowest BCUT2D eigenvalue weighted by molar-refractivity contribution is -0.336. The van der Waals surface area contributed by atoms with Crippen LogP contribution in [-0.2, 0) is 18.6 Å². The van der Waals surface area contributed by atoms with Crippen molar-refractivity contribution in [1.82, 2.24) is 0 Å². The van der Waals surface area contributed by atoms with Gasteiger partial charge in [-0.15, -0.1) is 0 Å². The highest BCUT2D eigenvalue weighted by molar-refractivity contribution is 6.99. The van der Waals surface area contributed by atoms with Crippen LogP contribution in [0.15, 0.2) is 85.0 Å². The van der Waals surface area contributed by atoms with Crippen LogP contribution >= 0.6 is 0 Å². The second kappa shape index (κ2) is 11.8. The molecule has 4 atom stereocenters. The number of rotatable bonds is 8. The highest BCUT2D eigenvalue weighted by Gasteiger charge is 2.55. The van der Waals surface area contributed by atoms with Gasteiger partial charge in [0, 0.05) is 25.4 Å². The zero-order chi connectivity index (χ0) is 27.4. The lowest BCUT2D eigenvalue weighted by atomic mass is 9.90. The highest BCUT2D eigenvalue weighted by atomic mass is 28.4. The van der Waals surface area contributed by atoms with Crippen LogP contribution in [-0.4, -0.2) is 39.2 Å². The predicted molar refractivity (Wildman–Crippen MR) is 161 cm³/mol. The number of benzene rings is 2. The van der Waals surface area contributed by atoms with Gasteiger partial charge in [-0.3, -0.25) is 0 Å². The number of allylic oxidation sites excluding steroid dienone is 1. The molecule has 4 nitrogen and oxygen atoms in total. The zero-order valence-corrected chi connectivity index (χ0v) is 25.2. The summed E-state index contributed by atoms with van der Waals surface area (Å²) in [5, 5.41) is 2.66. The van der Waals surface area contributed by atoms with Gasteiger partial charge in [0.2, 0.25) is 0 Å². The molecule has 39 heavy (non-hydrogen) atoms. The van der Waals surface area contributed by atoms with E-state index in [0.717, 1.165) is 58.2 Å². The Morgan fingerprint density at radius 3 is 2.33 bits per heavy atom. The minimum absolute atomic E-state index is 0.000323. The number of hydrogen-bond acceptors (Lipinski definition) is 4. The van der Waals surface area contributed by atoms with Crippen LogP contribution in [0.3, 0.4) is 0 Å². The van der Waals surface area contributed by atoms with E-state index in [0.29, 0.717) is 5.92 Å². The Balaban J connectivity index is 1.20. The number of unbranched alkanes of at least 4 members (excludes halogenated alkanes) is 1. The molecule has 3 heterocycles. The van der Waals surface area contributed by atoms with Crippen molar-refractivity contribution in [2.24, 2.45) is 5.92 Å². The normalized spacial score (nSPS) is 29.5. The lowest BCUT2D eigenvalue weighted by Gasteiger charge is -2.43. The van der Waals surface area contributed by atoms with E-state index < -0.39 is 19.9 Å². The molecule has 5 rings (SSSR count). The summed E-state index contributed by atoms with van der Waals surface area (Å²) in [5.41, 5.74) is 0. The van der Waals surface area contributed by atoms with E-state index in [4.69, 9.17) is 18.6 Å². The molecule has 0 aliphatic carbocycles. The van der Waals surface area contributed by atoms with E-state index in [2.05, 4.69) is 113 Å². The van der Waals surface area contributed by atoms with Gasteiger partial charge in [0.15, 0.2) is 11.6 Å².